The molecule has 180 valence electrons. The molecule has 0 atom stereocenters. The molecule has 4 heterocycles. The van der Waals surface area contributed by atoms with Crippen LogP contribution in [0.25, 0.3) is 32.4 Å². The lowest BCUT2D eigenvalue weighted by molar-refractivity contribution is 0.255. The van der Waals surface area contributed by atoms with Crippen LogP contribution in [0.5, 0.6) is 0 Å². The number of pyridine rings is 1. The molecule has 6 rings (SSSR count). The second-order valence-electron chi connectivity index (χ2n) is 9.29. The number of benzene rings is 2. The minimum absolute atomic E-state index is 0.0675. The fourth-order valence-electron chi connectivity index (χ4n) is 5.16. The molecule has 0 aliphatic carbocycles. The number of aromatic nitrogens is 2. The molecule has 1 fully saturated rings. The molecule has 1 aliphatic rings. The molecule has 2 aromatic carbocycles. The summed E-state index contributed by atoms with van der Waals surface area (Å²) < 4.78 is 6.99. The van der Waals surface area contributed by atoms with E-state index >= 15 is 0 Å². The van der Waals surface area contributed by atoms with Gasteiger partial charge in [0.1, 0.15) is 5.58 Å². The summed E-state index contributed by atoms with van der Waals surface area (Å²) in [6.45, 7) is 12.4. The van der Waals surface area contributed by atoms with E-state index in [1.165, 1.54) is 16.6 Å². The molecule has 7 heteroatoms. The van der Waals surface area contributed by atoms with Gasteiger partial charge in [0, 0.05) is 55.5 Å². The monoisotopic (exact) mass is 477 g/mol. The fraction of sp³-hybridized carbons (Fsp3) is 0.241. The van der Waals surface area contributed by atoms with Crippen LogP contribution in [-0.4, -0.2) is 47.2 Å². The molecule has 0 unspecified atom stereocenters. The van der Waals surface area contributed by atoms with E-state index in [2.05, 4.69) is 38.0 Å². The van der Waals surface area contributed by atoms with Crippen molar-refractivity contribution in [2.75, 3.05) is 37.6 Å². The Balaban J connectivity index is 1.04. The third kappa shape index (κ3) is 4.16. The smallest absolute Gasteiger partial charge is 0.266 e. The lowest BCUT2D eigenvalue weighted by Crippen LogP contribution is -2.46. The minimum Gasteiger partial charge on any atom is -0.464 e. The van der Waals surface area contributed by atoms with Crippen molar-refractivity contribution in [3.8, 4) is 5.69 Å². The van der Waals surface area contributed by atoms with Crippen LogP contribution in [-0.2, 0) is 6.42 Å². The zero-order valence-electron chi connectivity index (χ0n) is 20.0. The molecule has 0 amide bonds. The van der Waals surface area contributed by atoms with E-state index in [4.69, 9.17) is 11.0 Å². The quantitative estimate of drug-likeness (QED) is 0.334. The van der Waals surface area contributed by atoms with Gasteiger partial charge in [-0.25, -0.2) is 4.85 Å². The summed E-state index contributed by atoms with van der Waals surface area (Å²) in [5.41, 5.74) is 5.67. The average Bonchev–Trinajstić information content (AvgIpc) is 3.57. The number of anilines is 1. The molecule has 5 aromatic rings. The average molecular weight is 478 g/mol. The molecule has 1 N–H and O–H groups in total. The highest BCUT2D eigenvalue weighted by Gasteiger charge is 2.17. The molecule has 3 aromatic heterocycles. The first-order chi connectivity index (χ1) is 17.7. The van der Waals surface area contributed by atoms with Crippen molar-refractivity contribution in [1.82, 2.24) is 14.5 Å². The summed E-state index contributed by atoms with van der Waals surface area (Å²) in [6, 6.07) is 17.6. The summed E-state index contributed by atoms with van der Waals surface area (Å²) in [5.74, 6) is 0. The van der Waals surface area contributed by atoms with Crippen molar-refractivity contribution in [1.29, 1.82) is 0 Å². The number of nitrogens with one attached hydrogen (secondary N) is 1. The minimum atomic E-state index is -0.0675. The molecule has 0 radical (unpaired) electrons. The normalized spacial score (nSPS) is 14.5. The maximum Gasteiger partial charge on any atom is 0.266 e. The lowest BCUT2D eigenvalue weighted by Gasteiger charge is -2.36. The molecule has 0 spiro atoms. The first-order valence-electron chi connectivity index (χ1n) is 12.3. The van der Waals surface area contributed by atoms with Crippen molar-refractivity contribution in [3.63, 3.8) is 0 Å². The van der Waals surface area contributed by atoms with Gasteiger partial charge in [-0.3, -0.25) is 14.3 Å². The van der Waals surface area contributed by atoms with Gasteiger partial charge in [0.25, 0.3) is 5.56 Å². The van der Waals surface area contributed by atoms with Crippen LogP contribution in [0.4, 0.5) is 11.4 Å². The Hall–Kier alpha value is -4.28. The Morgan fingerprint density at radius 2 is 1.75 bits per heavy atom. The van der Waals surface area contributed by atoms with Gasteiger partial charge in [-0.1, -0.05) is 6.07 Å². The van der Waals surface area contributed by atoms with Crippen molar-refractivity contribution in [3.05, 3.63) is 101 Å². The Morgan fingerprint density at radius 1 is 0.944 bits per heavy atom. The van der Waals surface area contributed by atoms with Crippen molar-refractivity contribution >= 4 is 33.2 Å². The highest BCUT2D eigenvalue weighted by Crippen LogP contribution is 2.25. The summed E-state index contributed by atoms with van der Waals surface area (Å²) in [7, 11) is 0. The topological polar surface area (TPSA) is 61.8 Å². The molecule has 7 nitrogen and oxygen atoms in total. The van der Waals surface area contributed by atoms with E-state index in [0.717, 1.165) is 56.8 Å². The zero-order valence-corrected chi connectivity index (χ0v) is 20.0. The van der Waals surface area contributed by atoms with Crippen LogP contribution in [0.1, 0.15) is 12.0 Å². The van der Waals surface area contributed by atoms with Gasteiger partial charge in [0.15, 0.2) is 5.69 Å². The molecule has 0 bridgehead atoms. The number of piperazine rings is 1. The highest BCUT2D eigenvalue weighted by atomic mass is 16.3. The third-order valence-electron chi connectivity index (χ3n) is 7.19. The Kier molecular flexibility index (Phi) is 5.80. The van der Waals surface area contributed by atoms with Crippen LogP contribution in [0, 0.1) is 6.57 Å². The van der Waals surface area contributed by atoms with Crippen LogP contribution < -0.4 is 10.5 Å². The SMILES string of the molecule is [C-]#[N+]c1ccc2[nH]cc(CCCN3CCN(c4ccc(-n5ccc6occc6c5=O)cc4)CC3)c2c1. The predicted molar refractivity (Wildman–Crippen MR) is 143 cm³/mol. The Morgan fingerprint density at radius 3 is 2.56 bits per heavy atom. The van der Waals surface area contributed by atoms with Gasteiger partial charge < -0.3 is 14.3 Å². The van der Waals surface area contributed by atoms with E-state index < -0.39 is 0 Å². The zero-order chi connectivity index (χ0) is 24.5. The van der Waals surface area contributed by atoms with Gasteiger partial charge in [-0.15, -0.1) is 0 Å². The number of rotatable bonds is 6. The van der Waals surface area contributed by atoms with E-state index in [-0.39, 0.29) is 5.56 Å². The van der Waals surface area contributed by atoms with E-state index in [9.17, 15) is 4.79 Å². The standard InChI is InChI=1S/C29H27N5O2/c1-30-22-4-9-27-26(19-22)21(20-31-27)3-2-12-32-14-16-33(17-15-32)23-5-7-24(8-6-23)34-13-10-28-25(29(34)35)11-18-36-28/h4-11,13,18-20,31H,2-3,12,14-17H2. The van der Waals surface area contributed by atoms with Crippen LogP contribution in [0.15, 0.2) is 82.5 Å². The molecular formula is C29H27N5O2. The van der Waals surface area contributed by atoms with Crippen molar-refractivity contribution in [2.45, 2.75) is 12.8 Å². The molecule has 36 heavy (non-hydrogen) atoms. The first kappa shape index (κ1) is 22.2. The van der Waals surface area contributed by atoms with Gasteiger partial charge >= 0.3 is 0 Å². The largest absolute Gasteiger partial charge is 0.464 e. The van der Waals surface area contributed by atoms with E-state index in [0.29, 0.717) is 16.7 Å². The van der Waals surface area contributed by atoms with Crippen LogP contribution >= 0.6 is 0 Å². The lowest BCUT2D eigenvalue weighted by atomic mass is 10.1. The number of nitrogens with zero attached hydrogens (tertiary/aromatic N) is 4. The molecule has 1 saturated heterocycles. The van der Waals surface area contributed by atoms with E-state index in [1.807, 2.05) is 36.4 Å². The van der Waals surface area contributed by atoms with Gasteiger partial charge in [0.05, 0.1) is 18.2 Å². The molecule has 1 aliphatic heterocycles. The number of aromatic amines is 1. The second kappa shape index (κ2) is 9.40. The maximum atomic E-state index is 12.7. The van der Waals surface area contributed by atoms with Gasteiger partial charge in [-0.05, 0) is 78.9 Å². The number of hydrogen-bond acceptors (Lipinski definition) is 4. The number of aryl methyl sites for hydroxylation is 1. The number of furan rings is 1. The summed E-state index contributed by atoms with van der Waals surface area (Å²) in [5, 5.41) is 1.76. The van der Waals surface area contributed by atoms with Crippen LogP contribution in [0.3, 0.4) is 0 Å². The molecule has 0 saturated carbocycles. The highest BCUT2D eigenvalue weighted by molar-refractivity contribution is 5.86. The Bertz CT molecular complexity index is 1610. The number of hydrogen-bond donors (Lipinski definition) is 1. The second-order valence-corrected chi connectivity index (χ2v) is 9.29. The summed E-state index contributed by atoms with van der Waals surface area (Å²) in [4.78, 5) is 24.6. The predicted octanol–water partition coefficient (Wildman–Crippen LogP) is 5.37. The summed E-state index contributed by atoms with van der Waals surface area (Å²) in [6.07, 6.45) is 7.50. The van der Waals surface area contributed by atoms with Crippen molar-refractivity contribution in [2.24, 2.45) is 0 Å². The third-order valence-corrected chi connectivity index (χ3v) is 7.19. The Labute approximate surface area is 209 Å². The number of fused-ring (bicyclic) bond motifs is 2. The molecular weight excluding hydrogens is 450 g/mol. The van der Waals surface area contributed by atoms with Gasteiger partial charge in [0.2, 0.25) is 0 Å². The number of H-pyrrole nitrogens is 1. The summed E-state index contributed by atoms with van der Waals surface area (Å²) >= 11 is 0. The van der Waals surface area contributed by atoms with Crippen molar-refractivity contribution < 1.29 is 4.42 Å². The fourth-order valence-corrected chi connectivity index (χ4v) is 5.16. The van der Waals surface area contributed by atoms with Crippen LogP contribution in [0.2, 0.25) is 0 Å². The van der Waals surface area contributed by atoms with E-state index in [1.54, 1.807) is 23.1 Å². The maximum absolute atomic E-state index is 12.7. The van der Waals surface area contributed by atoms with Gasteiger partial charge in [-0.2, -0.15) is 0 Å². The first-order valence-corrected chi connectivity index (χ1v) is 12.3.